The fourth-order valence-corrected chi connectivity index (χ4v) is 2.97. The summed E-state index contributed by atoms with van der Waals surface area (Å²) in [5.41, 5.74) is 1.90. The van der Waals surface area contributed by atoms with Crippen molar-refractivity contribution in [3.63, 3.8) is 0 Å². The number of H-pyrrole nitrogens is 1. The zero-order valence-corrected chi connectivity index (χ0v) is 14.6. The van der Waals surface area contributed by atoms with Gasteiger partial charge in [-0.1, -0.05) is 54.1 Å². The Balaban J connectivity index is 1.78. The molecule has 1 heterocycles. The molecule has 0 saturated carbocycles. The van der Waals surface area contributed by atoms with Crippen molar-refractivity contribution >= 4 is 40.8 Å². The van der Waals surface area contributed by atoms with Crippen molar-refractivity contribution in [2.24, 2.45) is 5.10 Å². The maximum Gasteiger partial charge on any atom is 0.216 e. The molecule has 0 unspecified atom stereocenters. The van der Waals surface area contributed by atoms with Gasteiger partial charge in [-0.2, -0.15) is 14.9 Å². The zero-order chi connectivity index (χ0) is 17.2. The number of rotatable bonds is 3. The lowest BCUT2D eigenvalue weighted by molar-refractivity contribution is 0.872. The first kappa shape index (κ1) is 15.7. The number of halogens is 1. The number of hydrogen-bond acceptors (Lipinski definition) is 3. The number of nitrogens with one attached hydrogen (secondary N) is 1. The fourth-order valence-electron chi connectivity index (χ4n) is 2.67. The van der Waals surface area contributed by atoms with Crippen LogP contribution in [0, 0.1) is 4.77 Å². The third kappa shape index (κ3) is 3.12. The van der Waals surface area contributed by atoms with Gasteiger partial charge in [0.1, 0.15) is 0 Å². The first-order chi connectivity index (χ1) is 12.2. The summed E-state index contributed by atoms with van der Waals surface area (Å²) in [6.45, 7) is 0. The lowest BCUT2D eigenvalue weighted by Crippen LogP contribution is -1.95. The molecule has 1 N–H and O–H groups in total. The molecule has 0 radical (unpaired) electrons. The van der Waals surface area contributed by atoms with E-state index in [0.29, 0.717) is 15.6 Å². The van der Waals surface area contributed by atoms with Crippen molar-refractivity contribution in [3.05, 3.63) is 82.1 Å². The van der Waals surface area contributed by atoms with E-state index < -0.39 is 0 Å². The Morgan fingerprint density at radius 1 is 1.00 bits per heavy atom. The van der Waals surface area contributed by atoms with Crippen LogP contribution >= 0.6 is 23.8 Å². The maximum absolute atomic E-state index is 5.96. The molecule has 4 aromatic rings. The SMILES string of the molecule is S=c1[nH]nc(-c2ccc(Cl)cc2)n1/N=C/c1cccc2ccccc12. The molecule has 1 aromatic heterocycles. The Bertz CT molecular complexity index is 1120. The molecule has 0 aliphatic rings. The van der Waals surface area contributed by atoms with Crippen molar-refractivity contribution in [2.45, 2.75) is 0 Å². The van der Waals surface area contributed by atoms with E-state index in [2.05, 4.69) is 33.5 Å². The predicted octanol–water partition coefficient (Wildman–Crippen LogP) is 5.30. The summed E-state index contributed by atoms with van der Waals surface area (Å²) in [7, 11) is 0. The molecule has 0 bridgehead atoms. The highest BCUT2D eigenvalue weighted by Crippen LogP contribution is 2.21. The molecule has 3 aromatic carbocycles. The van der Waals surface area contributed by atoms with E-state index in [1.807, 2.05) is 48.5 Å². The second kappa shape index (κ2) is 6.63. The molecule has 25 heavy (non-hydrogen) atoms. The normalized spacial score (nSPS) is 11.4. The van der Waals surface area contributed by atoms with E-state index in [1.54, 1.807) is 10.9 Å². The number of hydrogen-bond donors (Lipinski definition) is 1. The largest absolute Gasteiger partial charge is 0.250 e. The van der Waals surface area contributed by atoms with E-state index in [-0.39, 0.29) is 0 Å². The summed E-state index contributed by atoms with van der Waals surface area (Å²) in [6, 6.07) is 21.7. The van der Waals surface area contributed by atoms with Crippen molar-refractivity contribution in [1.82, 2.24) is 14.9 Å². The van der Waals surface area contributed by atoms with E-state index >= 15 is 0 Å². The molecule has 122 valence electrons. The molecule has 6 heteroatoms. The Morgan fingerprint density at radius 3 is 2.60 bits per heavy atom. The Kier molecular flexibility index (Phi) is 4.17. The molecular weight excluding hydrogens is 352 g/mol. The monoisotopic (exact) mass is 364 g/mol. The first-order valence-corrected chi connectivity index (χ1v) is 8.46. The lowest BCUT2D eigenvalue weighted by Gasteiger charge is -2.03. The van der Waals surface area contributed by atoms with Crippen LogP contribution in [0.25, 0.3) is 22.2 Å². The molecule has 4 rings (SSSR count). The summed E-state index contributed by atoms with van der Waals surface area (Å²) in [5, 5.41) is 14.6. The highest BCUT2D eigenvalue weighted by atomic mass is 35.5. The van der Waals surface area contributed by atoms with Crippen LogP contribution in [0.2, 0.25) is 5.02 Å². The van der Waals surface area contributed by atoms with Gasteiger partial charge < -0.3 is 0 Å². The van der Waals surface area contributed by atoms with Gasteiger partial charge in [0.25, 0.3) is 0 Å². The van der Waals surface area contributed by atoms with Gasteiger partial charge in [-0.3, -0.25) is 0 Å². The molecule has 0 amide bonds. The van der Waals surface area contributed by atoms with Crippen LogP contribution in [-0.4, -0.2) is 21.1 Å². The van der Waals surface area contributed by atoms with Gasteiger partial charge in [-0.25, -0.2) is 5.10 Å². The Morgan fingerprint density at radius 2 is 1.76 bits per heavy atom. The zero-order valence-electron chi connectivity index (χ0n) is 13.1. The molecule has 0 aliphatic carbocycles. The summed E-state index contributed by atoms with van der Waals surface area (Å²) in [5.74, 6) is 0.637. The fraction of sp³-hybridized carbons (Fsp3) is 0. The number of aromatic amines is 1. The number of fused-ring (bicyclic) bond motifs is 1. The van der Waals surface area contributed by atoms with Crippen LogP contribution in [0.3, 0.4) is 0 Å². The van der Waals surface area contributed by atoms with E-state index in [0.717, 1.165) is 16.5 Å². The highest BCUT2D eigenvalue weighted by Gasteiger charge is 2.08. The highest BCUT2D eigenvalue weighted by molar-refractivity contribution is 7.71. The third-order valence-corrected chi connectivity index (χ3v) is 4.40. The first-order valence-electron chi connectivity index (χ1n) is 7.68. The van der Waals surface area contributed by atoms with E-state index in [9.17, 15) is 0 Å². The van der Waals surface area contributed by atoms with Gasteiger partial charge >= 0.3 is 0 Å². The van der Waals surface area contributed by atoms with Gasteiger partial charge in [0.15, 0.2) is 5.82 Å². The topological polar surface area (TPSA) is 46.0 Å². The quantitative estimate of drug-likeness (QED) is 0.396. The third-order valence-electron chi connectivity index (χ3n) is 3.89. The summed E-state index contributed by atoms with van der Waals surface area (Å²) in [6.07, 6.45) is 1.80. The summed E-state index contributed by atoms with van der Waals surface area (Å²) < 4.78 is 2.04. The van der Waals surface area contributed by atoms with Gasteiger partial charge in [0.05, 0.1) is 6.21 Å². The minimum atomic E-state index is 0.432. The smallest absolute Gasteiger partial charge is 0.216 e. The molecular formula is C19H13ClN4S. The standard InChI is InChI=1S/C19H13ClN4S/c20-16-10-8-14(9-11-16)18-22-23-19(25)24(18)21-12-15-6-3-5-13-4-1-2-7-17(13)15/h1-12H,(H,23,25)/b21-12+. The summed E-state index contributed by atoms with van der Waals surface area (Å²) >= 11 is 11.3. The minimum Gasteiger partial charge on any atom is -0.250 e. The molecule has 4 nitrogen and oxygen atoms in total. The molecule has 0 aliphatic heterocycles. The van der Waals surface area contributed by atoms with Crippen molar-refractivity contribution in [2.75, 3.05) is 0 Å². The van der Waals surface area contributed by atoms with Crippen molar-refractivity contribution < 1.29 is 0 Å². The Labute approximate surface area is 154 Å². The van der Waals surface area contributed by atoms with Crippen LogP contribution in [0.15, 0.2) is 71.8 Å². The van der Waals surface area contributed by atoms with E-state index in [4.69, 9.17) is 23.8 Å². The van der Waals surface area contributed by atoms with Crippen LogP contribution in [0.4, 0.5) is 0 Å². The van der Waals surface area contributed by atoms with Crippen molar-refractivity contribution in [1.29, 1.82) is 0 Å². The molecule has 0 fully saturated rings. The number of benzene rings is 3. The van der Waals surface area contributed by atoms with Gasteiger partial charge in [-0.05, 0) is 47.3 Å². The molecule has 0 spiro atoms. The number of aromatic nitrogens is 3. The van der Waals surface area contributed by atoms with Gasteiger partial charge in [0.2, 0.25) is 4.77 Å². The van der Waals surface area contributed by atoms with Crippen molar-refractivity contribution in [3.8, 4) is 11.4 Å². The molecule has 0 atom stereocenters. The second-order valence-corrected chi connectivity index (χ2v) is 6.31. The predicted molar refractivity (Wildman–Crippen MR) is 105 cm³/mol. The lowest BCUT2D eigenvalue weighted by atomic mass is 10.1. The number of nitrogens with zero attached hydrogens (tertiary/aromatic N) is 3. The van der Waals surface area contributed by atoms with Gasteiger partial charge in [0, 0.05) is 16.1 Å². The van der Waals surface area contributed by atoms with Crippen LogP contribution < -0.4 is 0 Å². The van der Waals surface area contributed by atoms with E-state index in [1.165, 1.54) is 5.39 Å². The Hall–Kier alpha value is -2.76. The summed E-state index contributed by atoms with van der Waals surface area (Å²) in [4.78, 5) is 0. The molecule has 0 saturated heterocycles. The maximum atomic E-state index is 5.96. The minimum absolute atomic E-state index is 0.432. The average Bonchev–Trinajstić information content (AvgIpc) is 3.01. The average molecular weight is 365 g/mol. The van der Waals surface area contributed by atoms with Crippen LogP contribution in [0.5, 0.6) is 0 Å². The van der Waals surface area contributed by atoms with Gasteiger partial charge in [-0.15, -0.1) is 0 Å². The second-order valence-electron chi connectivity index (χ2n) is 5.48. The van der Waals surface area contributed by atoms with Crippen LogP contribution in [0.1, 0.15) is 5.56 Å². The van der Waals surface area contributed by atoms with Crippen LogP contribution in [-0.2, 0) is 0 Å².